The maximum absolute atomic E-state index is 12.4. The smallest absolute Gasteiger partial charge is 0.318 e. The predicted octanol–water partition coefficient (Wildman–Crippen LogP) is 1.73. The minimum atomic E-state index is -4.00. The topological polar surface area (TPSA) is 101 Å². The van der Waals surface area contributed by atoms with E-state index >= 15 is 0 Å². The van der Waals surface area contributed by atoms with Crippen LogP contribution in [0.2, 0.25) is 0 Å². The lowest BCUT2D eigenvalue weighted by Gasteiger charge is -2.22. The minimum absolute atomic E-state index is 0. The summed E-state index contributed by atoms with van der Waals surface area (Å²) in [4.78, 5) is 14.7. The normalized spacial score (nSPS) is 11.8. The lowest BCUT2D eigenvalue weighted by molar-refractivity contribution is -0.137. The molecule has 21 heavy (non-hydrogen) atoms. The van der Waals surface area contributed by atoms with E-state index in [9.17, 15) is 13.2 Å². The number of carboxylic acids is 1. The number of hydrogen-bond donors (Lipinski definition) is 1. The third-order valence-electron chi connectivity index (χ3n) is 2.72. The van der Waals surface area contributed by atoms with E-state index < -0.39 is 28.6 Å². The van der Waals surface area contributed by atoms with Gasteiger partial charge in [0, 0.05) is 29.9 Å². The molecule has 0 radical (unpaired) electrons. The third-order valence-corrected chi connectivity index (χ3v) is 4.60. The van der Waals surface area contributed by atoms with E-state index in [-0.39, 0.29) is 17.5 Å². The summed E-state index contributed by atoms with van der Waals surface area (Å²) in [5.74, 6) is -1.22. The van der Waals surface area contributed by atoms with Crippen molar-refractivity contribution in [1.29, 1.82) is 0 Å². The largest absolute Gasteiger partial charge is 0.480 e. The quantitative estimate of drug-likeness (QED) is 0.893. The molecule has 0 saturated carbocycles. The molecule has 0 fully saturated rings. The van der Waals surface area contributed by atoms with Gasteiger partial charge in [-0.05, 0) is 19.9 Å². The molecule has 0 saturated heterocycles. The summed E-state index contributed by atoms with van der Waals surface area (Å²) in [6.45, 7) is 2.59. The summed E-state index contributed by atoms with van der Waals surface area (Å²) in [5, 5.41) is 9.10. The van der Waals surface area contributed by atoms with E-state index in [1.165, 1.54) is 18.5 Å². The fourth-order valence-electron chi connectivity index (χ4n) is 1.78. The van der Waals surface area contributed by atoms with Crippen LogP contribution in [0.4, 0.5) is 0 Å². The molecule has 0 aromatic carbocycles. The van der Waals surface area contributed by atoms with E-state index in [1.54, 1.807) is 19.9 Å². The van der Waals surface area contributed by atoms with Crippen molar-refractivity contribution in [2.75, 3.05) is 6.54 Å². The summed E-state index contributed by atoms with van der Waals surface area (Å²) in [6, 6.07) is 2.39. The Labute approximate surface area is 128 Å². The summed E-state index contributed by atoms with van der Waals surface area (Å²) >= 11 is 0. The van der Waals surface area contributed by atoms with Gasteiger partial charge in [0.05, 0.1) is 0 Å². The SMILES string of the molecule is CC(C)N(CC(=O)O)S(=O)(=O)c1cc2cnccc2o1.Cl. The van der Waals surface area contributed by atoms with Gasteiger partial charge in [-0.1, -0.05) is 0 Å². The second kappa shape index (κ2) is 6.42. The minimum Gasteiger partial charge on any atom is -0.480 e. The number of carbonyl (C=O) groups is 1. The van der Waals surface area contributed by atoms with Gasteiger partial charge < -0.3 is 9.52 Å². The van der Waals surface area contributed by atoms with Crippen molar-refractivity contribution in [1.82, 2.24) is 9.29 Å². The number of nitrogens with zero attached hydrogens (tertiary/aromatic N) is 2. The van der Waals surface area contributed by atoms with Crippen molar-refractivity contribution in [2.24, 2.45) is 0 Å². The number of hydrogen-bond acceptors (Lipinski definition) is 5. The van der Waals surface area contributed by atoms with Crippen molar-refractivity contribution >= 4 is 39.4 Å². The monoisotopic (exact) mass is 334 g/mol. The highest BCUT2D eigenvalue weighted by atomic mass is 35.5. The first-order chi connectivity index (χ1) is 9.32. The average molecular weight is 335 g/mol. The first-order valence-corrected chi connectivity index (χ1v) is 7.33. The number of carboxylic acid groups (broad SMARTS) is 1. The van der Waals surface area contributed by atoms with Crippen LogP contribution < -0.4 is 0 Å². The van der Waals surface area contributed by atoms with E-state index in [0.29, 0.717) is 11.0 Å². The van der Waals surface area contributed by atoms with Gasteiger partial charge in [-0.15, -0.1) is 12.4 Å². The molecule has 0 amide bonds. The summed E-state index contributed by atoms with van der Waals surface area (Å²) in [6.07, 6.45) is 2.97. The molecule has 2 heterocycles. The van der Waals surface area contributed by atoms with Gasteiger partial charge in [-0.2, -0.15) is 4.31 Å². The number of halogens is 1. The Bertz CT molecular complexity index is 708. The number of furan rings is 1. The van der Waals surface area contributed by atoms with E-state index in [1.807, 2.05) is 0 Å². The molecule has 1 N–H and O–H groups in total. The van der Waals surface area contributed by atoms with Crippen LogP contribution in [0.1, 0.15) is 13.8 Å². The van der Waals surface area contributed by atoms with Crippen LogP contribution in [-0.2, 0) is 14.8 Å². The molecule has 9 heteroatoms. The van der Waals surface area contributed by atoms with Crippen LogP contribution in [0.25, 0.3) is 11.0 Å². The molecule has 0 aliphatic rings. The Morgan fingerprint density at radius 2 is 2.14 bits per heavy atom. The molecular formula is C12H15ClN2O5S. The Balaban J connectivity index is 0.00000220. The Morgan fingerprint density at radius 1 is 1.48 bits per heavy atom. The van der Waals surface area contributed by atoms with Gasteiger partial charge in [0.2, 0.25) is 5.09 Å². The van der Waals surface area contributed by atoms with Crippen molar-refractivity contribution < 1.29 is 22.7 Å². The van der Waals surface area contributed by atoms with Crippen LogP contribution in [0, 0.1) is 0 Å². The number of aromatic nitrogens is 1. The first kappa shape index (κ1) is 17.4. The second-order valence-corrected chi connectivity index (χ2v) is 6.34. The van der Waals surface area contributed by atoms with Crippen LogP contribution in [-0.4, -0.2) is 41.4 Å². The fraction of sp³-hybridized carbons (Fsp3) is 0.333. The highest BCUT2D eigenvalue weighted by molar-refractivity contribution is 7.89. The van der Waals surface area contributed by atoms with Crippen molar-refractivity contribution in [2.45, 2.75) is 25.0 Å². The maximum atomic E-state index is 12.4. The summed E-state index contributed by atoms with van der Waals surface area (Å²) < 4.78 is 31.0. The van der Waals surface area contributed by atoms with Crippen molar-refractivity contribution in [3.63, 3.8) is 0 Å². The zero-order valence-electron chi connectivity index (χ0n) is 11.4. The van der Waals surface area contributed by atoms with E-state index in [4.69, 9.17) is 9.52 Å². The summed E-state index contributed by atoms with van der Waals surface area (Å²) in [5.41, 5.74) is 0.387. The highest BCUT2D eigenvalue weighted by Gasteiger charge is 2.31. The average Bonchev–Trinajstić information content (AvgIpc) is 2.79. The van der Waals surface area contributed by atoms with E-state index in [0.717, 1.165) is 4.31 Å². The number of aliphatic carboxylic acids is 1. The molecule has 0 bridgehead atoms. The number of rotatable bonds is 5. The molecule has 0 aliphatic carbocycles. The maximum Gasteiger partial charge on any atom is 0.318 e. The molecule has 7 nitrogen and oxygen atoms in total. The lowest BCUT2D eigenvalue weighted by Crippen LogP contribution is -2.40. The van der Waals surface area contributed by atoms with Crippen LogP contribution in [0.5, 0.6) is 0 Å². The molecule has 2 aromatic heterocycles. The molecular weight excluding hydrogens is 320 g/mol. The Hall–Kier alpha value is -1.64. The van der Waals surface area contributed by atoms with Crippen molar-refractivity contribution in [3.05, 3.63) is 24.5 Å². The lowest BCUT2D eigenvalue weighted by atomic mass is 10.3. The molecule has 116 valence electrons. The molecule has 0 unspecified atom stereocenters. The predicted molar refractivity (Wildman–Crippen MR) is 77.9 cm³/mol. The second-order valence-electron chi connectivity index (χ2n) is 4.52. The van der Waals surface area contributed by atoms with Crippen LogP contribution in [0.15, 0.2) is 34.0 Å². The fourth-order valence-corrected chi connectivity index (χ4v) is 3.32. The van der Waals surface area contributed by atoms with Gasteiger partial charge in [0.15, 0.2) is 0 Å². The molecule has 0 aliphatic heterocycles. The summed E-state index contributed by atoms with van der Waals surface area (Å²) in [7, 11) is -4.00. The zero-order chi connectivity index (χ0) is 14.9. The van der Waals surface area contributed by atoms with Crippen LogP contribution in [0.3, 0.4) is 0 Å². The Morgan fingerprint density at radius 3 is 2.67 bits per heavy atom. The van der Waals surface area contributed by atoms with Gasteiger partial charge in [0.25, 0.3) is 10.0 Å². The molecule has 0 spiro atoms. The van der Waals surface area contributed by atoms with E-state index in [2.05, 4.69) is 4.98 Å². The Kier molecular flexibility index (Phi) is 5.32. The molecule has 2 aromatic rings. The third kappa shape index (κ3) is 3.52. The van der Waals surface area contributed by atoms with Crippen LogP contribution >= 0.6 is 12.4 Å². The standard InChI is InChI=1S/C12H14N2O5S.ClH/c1-8(2)14(7-11(15)16)20(17,18)12-5-9-6-13-4-3-10(9)19-12;/h3-6,8H,7H2,1-2H3,(H,15,16);1H. The van der Waals surface area contributed by atoms with Gasteiger partial charge in [0.1, 0.15) is 12.1 Å². The number of sulfonamides is 1. The van der Waals surface area contributed by atoms with Gasteiger partial charge in [-0.25, -0.2) is 8.42 Å². The molecule has 2 rings (SSSR count). The zero-order valence-corrected chi connectivity index (χ0v) is 13.0. The van der Waals surface area contributed by atoms with Gasteiger partial charge >= 0.3 is 5.97 Å². The highest BCUT2D eigenvalue weighted by Crippen LogP contribution is 2.25. The number of fused-ring (bicyclic) bond motifs is 1. The number of pyridine rings is 1. The molecule has 0 atom stereocenters. The van der Waals surface area contributed by atoms with Crippen molar-refractivity contribution in [3.8, 4) is 0 Å². The first-order valence-electron chi connectivity index (χ1n) is 5.89. The van der Waals surface area contributed by atoms with Gasteiger partial charge in [-0.3, -0.25) is 9.78 Å².